The number of unbranched alkanes of at least 4 members (excludes halogenated alkanes) is 1. The lowest BCUT2D eigenvalue weighted by molar-refractivity contribution is -0.121. The molecule has 0 aromatic heterocycles. The van der Waals surface area contributed by atoms with Gasteiger partial charge >= 0.3 is 6.03 Å². The number of carbonyl (C=O) groups is 2. The molecule has 0 aliphatic carbocycles. The number of nitrogens with zero attached hydrogens (tertiary/aromatic N) is 1. The molecule has 1 aliphatic heterocycles. The standard InChI is InChI=1S/C25H32FN3O3/c1-4-5-14-27-25(31)29-16-19(24(30)28-20-8-10-21(32-3)11-9-20)7-13-23(29)18-6-12-22(26)17(2)15-18/h6,8-12,15,19,23H,4-5,7,13-14,16H2,1-3H3,(H,27,31)(H,28,30)/t19-,23+/m1/s1. The Balaban J connectivity index is 1.74. The van der Waals surface area contributed by atoms with Gasteiger partial charge in [-0.3, -0.25) is 4.79 Å². The monoisotopic (exact) mass is 441 g/mol. The summed E-state index contributed by atoms with van der Waals surface area (Å²) >= 11 is 0. The molecule has 0 saturated carbocycles. The van der Waals surface area contributed by atoms with E-state index in [1.54, 1.807) is 55.3 Å². The number of nitrogens with one attached hydrogen (secondary N) is 2. The number of anilines is 1. The smallest absolute Gasteiger partial charge is 0.317 e. The topological polar surface area (TPSA) is 70.7 Å². The van der Waals surface area contributed by atoms with Crippen LogP contribution >= 0.6 is 0 Å². The van der Waals surface area contributed by atoms with Gasteiger partial charge < -0.3 is 20.3 Å². The van der Waals surface area contributed by atoms with Crippen LogP contribution in [0.1, 0.15) is 49.8 Å². The van der Waals surface area contributed by atoms with Gasteiger partial charge in [-0.25, -0.2) is 9.18 Å². The fourth-order valence-corrected chi connectivity index (χ4v) is 4.02. The minimum Gasteiger partial charge on any atom is -0.497 e. The molecule has 1 fully saturated rings. The number of benzene rings is 2. The maximum absolute atomic E-state index is 13.8. The highest BCUT2D eigenvalue weighted by molar-refractivity contribution is 5.93. The number of rotatable bonds is 7. The van der Waals surface area contributed by atoms with Gasteiger partial charge in [-0.15, -0.1) is 0 Å². The summed E-state index contributed by atoms with van der Waals surface area (Å²) < 4.78 is 18.9. The molecule has 2 N–H and O–H groups in total. The quantitative estimate of drug-likeness (QED) is 0.591. The van der Waals surface area contributed by atoms with Crippen molar-refractivity contribution in [3.8, 4) is 5.75 Å². The highest BCUT2D eigenvalue weighted by Gasteiger charge is 2.35. The van der Waals surface area contributed by atoms with Crippen molar-refractivity contribution >= 4 is 17.6 Å². The van der Waals surface area contributed by atoms with Crippen molar-refractivity contribution in [2.24, 2.45) is 5.92 Å². The van der Waals surface area contributed by atoms with Crippen molar-refractivity contribution in [2.75, 3.05) is 25.5 Å². The van der Waals surface area contributed by atoms with E-state index in [1.807, 2.05) is 0 Å². The molecule has 6 nitrogen and oxygen atoms in total. The van der Waals surface area contributed by atoms with E-state index >= 15 is 0 Å². The van der Waals surface area contributed by atoms with Crippen molar-refractivity contribution in [3.05, 3.63) is 59.4 Å². The van der Waals surface area contributed by atoms with E-state index in [4.69, 9.17) is 4.74 Å². The van der Waals surface area contributed by atoms with Crippen LogP contribution in [0.2, 0.25) is 0 Å². The van der Waals surface area contributed by atoms with Gasteiger partial charge in [0.25, 0.3) is 0 Å². The summed E-state index contributed by atoms with van der Waals surface area (Å²) in [4.78, 5) is 27.7. The summed E-state index contributed by atoms with van der Waals surface area (Å²) in [6.07, 6.45) is 3.14. The summed E-state index contributed by atoms with van der Waals surface area (Å²) in [5.74, 6) is 0.00959. The number of carbonyl (C=O) groups excluding carboxylic acids is 2. The fraction of sp³-hybridized carbons (Fsp3) is 0.440. The van der Waals surface area contributed by atoms with Gasteiger partial charge in [-0.1, -0.05) is 25.5 Å². The highest BCUT2D eigenvalue weighted by Crippen LogP contribution is 2.34. The number of hydrogen-bond donors (Lipinski definition) is 2. The van der Waals surface area contributed by atoms with E-state index in [9.17, 15) is 14.0 Å². The Morgan fingerprint density at radius 2 is 1.91 bits per heavy atom. The van der Waals surface area contributed by atoms with Crippen molar-refractivity contribution in [3.63, 3.8) is 0 Å². The maximum atomic E-state index is 13.8. The first-order valence-electron chi connectivity index (χ1n) is 11.2. The van der Waals surface area contributed by atoms with Crippen LogP contribution in [-0.2, 0) is 4.79 Å². The minimum atomic E-state index is -0.327. The van der Waals surface area contributed by atoms with Crippen molar-refractivity contribution < 1.29 is 18.7 Å². The Bertz CT molecular complexity index is 933. The van der Waals surface area contributed by atoms with Crippen LogP contribution in [0.5, 0.6) is 5.75 Å². The molecule has 172 valence electrons. The van der Waals surface area contributed by atoms with E-state index in [0.29, 0.717) is 42.9 Å². The van der Waals surface area contributed by atoms with Crippen LogP contribution in [0.15, 0.2) is 42.5 Å². The Hall–Kier alpha value is -3.09. The number of aryl methyl sites for hydroxylation is 1. The van der Waals surface area contributed by atoms with E-state index in [0.717, 1.165) is 18.4 Å². The second-order valence-electron chi connectivity index (χ2n) is 8.25. The molecule has 3 rings (SSSR count). The average Bonchev–Trinajstić information content (AvgIpc) is 2.81. The number of halogens is 1. The molecule has 1 saturated heterocycles. The maximum Gasteiger partial charge on any atom is 0.317 e. The highest BCUT2D eigenvalue weighted by atomic mass is 19.1. The number of likely N-dealkylation sites (tertiary alicyclic amines) is 1. The lowest BCUT2D eigenvalue weighted by Crippen LogP contribution is -2.49. The van der Waals surface area contributed by atoms with Gasteiger partial charge in [-0.2, -0.15) is 0 Å². The van der Waals surface area contributed by atoms with E-state index in [1.165, 1.54) is 6.07 Å². The molecule has 0 bridgehead atoms. The number of piperidine rings is 1. The second-order valence-corrected chi connectivity index (χ2v) is 8.25. The van der Waals surface area contributed by atoms with Crippen LogP contribution in [0.4, 0.5) is 14.9 Å². The van der Waals surface area contributed by atoms with Gasteiger partial charge in [0.15, 0.2) is 0 Å². The Kier molecular flexibility index (Phi) is 8.09. The van der Waals surface area contributed by atoms with Crippen molar-refractivity contribution in [2.45, 2.75) is 45.6 Å². The first kappa shape index (κ1) is 23.6. The molecule has 2 aromatic carbocycles. The van der Waals surface area contributed by atoms with E-state index in [2.05, 4.69) is 17.6 Å². The molecule has 7 heteroatoms. The van der Waals surface area contributed by atoms with Gasteiger partial charge in [0.05, 0.1) is 19.1 Å². The third kappa shape index (κ3) is 5.78. The fourth-order valence-electron chi connectivity index (χ4n) is 4.02. The summed E-state index contributed by atoms with van der Waals surface area (Å²) in [5.41, 5.74) is 2.13. The Labute approximate surface area is 189 Å². The zero-order chi connectivity index (χ0) is 23.1. The molecule has 3 amide bonds. The van der Waals surface area contributed by atoms with E-state index in [-0.39, 0.29) is 29.7 Å². The van der Waals surface area contributed by atoms with Crippen LogP contribution in [-0.4, -0.2) is 37.0 Å². The summed E-state index contributed by atoms with van der Waals surface area (Å²) in [5, 5.41) is 5.91. The van der Waals surface area contributed by atoms with Gasteiger partial charge in [-0.05, 0) is 67.6 Å². The average molecular weight is 442 g/mol. The molecule has 32 heavy (non-hydrogen) atoms. The predicted octanol–water partition coefficient (Wildman–Crippen LogP) is 5.04. The normalized spacial score (nSPS) is 18.2. The third-order valence-electron chi connectivity index (χ3n) is 5.94. The number of amides is 3. The first-order valence-corrected chi connectivity index (χ1v) is 11.2. The molecule has 2 atom stereocenters. The van der Waals surface area contributed by atoms with Gasteiger partial charge in [0.1, 0.15) is 11.6 Å². The largest absolute Gasteiger partial charge is 0.497 e. The number of hydrogen-bond acceptors (Lipinski definition) is 3. The summed E-state index contributed by atoms with van der Waals surface area (Å²) in [6.45, 7) is 4.68. The first-order chi connectivity index (χ1) is 15.4. The number of methoxy groups -OCH3 is 1. The van der Waals surface area contributed by atoms with Crippen LogP contribution in [0.3, 0.4) is 0 Å². The van der Waals surface area contributed by atoms with Crippen LogP contribution < -0.4 is 15.4 Å². The van der Waals surface area contributed by atoms with Crippen LogP contribution in [0, 0.1) is 18.7 Å². The number of urea groups is 1. The van der Waals surface area contributed by atoms with Crippen LogP contribution in [0.25, 0.3) is 0 Å². The molecule has 1 aliphatic rings. The zero-order valence-corrected chi connectivity index (χ0v) is 19.0. The SMILES string of the molecule is CCCCNC(=O)N1C[C@H](C(=O)Nc2ccc(OC)cc2)CC[C@H]1c1ccc(F)c(C)c1. The Morgan fingerprint density at radius 3 is 2.56 bits per heavy atom. The Morgan fingerprint density at radius 1 is 1.16 bits per heavy atom. The van der Waals surface area contributed by atoms with Gasteiger partial charge in [0.2, 0.25) is 5.91 Å². The summed E-state index contributed by atoms with van der Waals surface area (Å²) in [6, 6.07) is 11.8. The number of ether oxygens (including phenoxy) is 1. The van der Waals surface area contributed by atoms with Crippen molar-refractivity contribution in [1.82, 2.24) is 10.2 Å². The molecule has 0 radical (unpaired) electrons. The molecule has 2 aromatic rings. The lowest BCUT2D eigenvalue weighted by atomic mass is 9.88. The van der Waals surface area contributed by atoms with Crippen molar-refractivity contribution in [1.29, 1.82) is 0 Å². The molecule has 0 spiro atoms. The third-order valence-corrected chi connectivity index (χ3v) is 5.94. The van der Waals surface area contributed by atoms with Gasteiger partial charge in [0, 0.05) is 18.8 Å². The minimum absolute atomic E-state index is 0.115. The molecule has 0 unspecified atom stereocenters. The summed E-state index contributed by atoms with van der Waals surface area (Å²) in [7, 11) is 1.59. The zero-order valence-electron chi connectivity index (χ0n) is 19.0. The lowest BCUT2D eigenvalue weighted by Gasteiger charge is -2.39. The van der Waals surface area contributed by atoms with E-state index < -0.39 is 0 Å². The molecule has 1 heterocycles. The second kappa shape index (κ2) is 11.0. The molecular weight excluding hydrogens is 409 g/mol. The predicted molar refractivity (Wildman–Crippen MR) is 123 cm³/mol. The molecular formula is C25H32FN3O3.